The molecule has 3 aromatic carbocycles. The molecule has 0 saturated carbocycles. The van der Waals surface area contributed by atoms with E-state index >= 15 is 0 Å². The van der Waals surface area contributed by atoms with Crippen molar-refractivity contribution >= 4 is 16.8 Å². The molecule has 0 N–H and O–H groups in total. The number of fused-ring (bicyclic) bond motifs is 1. The predicted molar refractivity (Wildman–Crippen MR) is 93.4 cm³/mol. The lowest BCUT2D eigenvalue weighted by Crippen LogP contribution is -1.95. The fourth-order valence-electron chi connectivity index (χ4n) is 2.99. The van der Waals surface area contributed by atoms with Gasteiger partial charge in [0.25, 0.3) is 6.08 Å². The van der Waals surface area contributed by atoms with E-state index in [0.29, 0.717) is 11.1 Å². The molecule has 0 saturated heterocycles. The average molecular weight is 362 g/mol. The van der Waals surface area contributed by atoms with E-state index in [1.807, 2.05) is 24.3 Å². The van der Waals surface area contributed by atoms with Crippen LogP contribution >= 0.6 is 0 Å². The highest BCUT2D eigenvalue weighted by atomic mass is 19.3. The van der Waals surface area contributed by atoms with E-state index < -0.39 is 34.5 Å². The standard InChI is InChI=1S/C21H15F5/c1-2-3-12-4-6-13(7-5-12)14-8-15-10-17(22)16(11-19(24)25)21(26)20(15)18(23)9-14/h4-11H,2-3H2,1H3. The molecule has 0 aliphatic carbocycles. The summed E-state index contributed by atoms with van der Waals surface area (Å²) in [5.74, 6) is -3.44. The molecule has 0 bridgehead atoms. The third kappa shape index (κ3) is 3.47. The van der Waals surface area contributed by atoms with Crippen LogP contribution in [0, 0.1) is 17.5 Å². The quantitative estimate of drug-likeness (QED) is 0.434. The normalized spacial score (nSPS) is 11.0. The lowest BCUT2D eigenvalue weighted by molar-refractivity contribution is 0.428. The summed E-state index contributed by atoms with van der Waals surface area (Å²) in [6.07, 6.45) is -0.279. The Hall–Kier alpha value is -2.69. The van der Waals surface area contributed by atoms with Gasteiger partial charge < -0.3 is 0 Å². The average Bonchev–Trinajstić information content (AvgIpc) is 2.58. The van der Waals surface area contributed by atoms with Crippen molar-refractivity contribution in [2.45, 2.75) is 19.8 Å². The van der Waals surface area contributed by atoms with Gasteiger partial charge in [0.2, 0.25) is 0 Å². The first-order chi connectivity index (χ1) is 12.4. The van der Waals surface area contributed by atoms with Gasteiger partial charge in [-0.1, -0.05) is 37.6 Å². The third-order valence-electron chi connectivity index (χ3n) is 4.20. The molecule has 134 valence electrons. The second-order valence-corrected chi connectivity index (χ2v) is 6.02. The molecule has 0 radical (unpaired) electrons. The minimum atomic E-state index is -2.26. The Morgan fingerprint density at radius 3 is 2.19 bits per heavy atom. The zero-order chi connectivity index (χ0) is 18.8. The van der Waals surface area contributed by atoms with Gasteiger partial charge in [-0.2, -0.15) is 8.78 Å². The minimum Gasteiger partial charge on any atom is -0.206 e. The largest absolute Gasteiger partial charge is 0.271 e. The number of benzene rings is 3. The number of hydrogen-bond acceptors (Lipinski definition) is 0. The van der Waals surface area contributed by atoms with Crippen LogP contribution in [0.15, 0.2) is 48.5 Å². The van der Waals surface area contributed by atoms with E-state index in [9.17, 15) is 22.0 Å². The van der Waals surface area contributed by atoms with Crippen LogP contribution < -0.4 is 0 Å². The molecule has 0 heterocycles. The van der Waals surface area contributed by atoms with Gasteiger partial charge in [0, 0.05) is 6.08 Å². The van der Waals surface area contributed by atoms with Crippen LogP contribution in [0.5, 0.6) is 0 Å². The van der Waals surface area contributed by atoms with Crippen molar-refractivity contribution in [3.63, 3.8) is 0 Å². The molecule has 5 heteroatoms. The molecule has 0 spiro atoms. The maximum absolute atomic E-state index is 14.5. The highest BCUT2D eigenvalue weighted by Crippen LogP contribution is 2.32. The van der Waals surface area contributed by atoms with Gasteiger partial charge in [-0.05, 0) is 46.7 Å². The van der Waals surface area contributed by atoms with Gasteiger partial charge in [0.05, 0.1) is 10.9 Å². The van der Waals surface area contributed by atoms with Crippen LogP contribution in [-0.2, 0) is 6.42 Å². The van der Waals surface area contributed by atoms with Crippen LogP contribution in [0.3, 0.4) is 0 Å². The molecule has 0 fully saturated rings. The first-order valence-electron chi connectivity index (χ1n) is 8.14. The Labute approximate surface area is 147 Å². The molecule has 0 aliphatic rings. The van der Waals surface area contributed by atoms with E-state index in [1.165, 1.54) is 6.07 Å². The second kappa shape index (κ2) is 7.28. The third-order valence-corrected chi connectivity index (χ3v) is 4.20. The van der Waals surface area contributed by atoms with Crippen molar-refractivity contribution < 1.29 is 22.0 Å². The van der Waals surface area contributed by atoms with Crippen LogP contribution in [-0.4, -0.2) is 0 Å². The molecule has 0 amide bonds. The number of rotatable bonds is 4. The Morgan fingerprint density at radius 2 is 1.58 bits per heavy atom. The van der Waals surface area contributed by atoms with E-state index in [2.05, 4.69) is 6.92 Å². The summed E-state index contributed by atoms with van der Waals surface area (Å²) in [6, 6.07) is 10.9. The van der Waals surface area contributed by atoms with Gasteiger partial charge >= 0.3 is 0 Å². The number of aryl methyl sites for hydroxylation is 1. The summed E-state index contributed by atoms with van der Waals surface area (Å²) in [6.45, 7) is 2.06. The van der Waals surface area contributed by atoms with Crippen LogP contribution in [0.25, 0.3) is 28.0 Å². The summed E-state index contributed by atoms with van der Waals surface area (Å²) in [5.41, 5.74) is 1.34. The van der Waals surface area contributed by atoms with Crippen LogP contribution in [0.2, 0.25) is 0 Å². The zero-order valence-corrected chi connectivity index (χ0v) is 13.9. The Morgan fingerprint density at radius 1 is 0.885 bits per heavy atom. The van der Waals surface area contributed by atoms with Crippen molar-refractivity contribution in [1.82, 2.24) is 0 Å². The second-order valence-electron chi connectivity index (χ2n) is 6.02. The maximum atomic E-state index is 14.5. The predicted octanol–water partition coefficient (Wildman–Crippen LogP) is 7.11. The molecule has 0 aromatic heterocycles. The molecule has 0 unspecified atom stereocenters. The van der Waals surface area contributed by atoms with Crippen molar-refractivity contribution in [2.24, 2.45) is 0 Å². The zero-order valence-electron chi connectivity index (χ0n) is 13.9. The van der Waals surface area contributed by atoms with Crippen molar-refractivity contribution in [1.29, 1.82) is 0 Å². The monoisotopic (exact) mass is 362 g/mol. The molecule has 3 aromatic rings. The van der Waals surface area contributed by atoms with Gasteiger partial charge in [-0.3, -0.25) is 0 Å². The molecule has 0 atom stereocenters. The molecular weight excluding hydrogens is 347 g/mol. The SMILES string of the molecule is CCCc1ccc(-c2cc(F)c3c(F)c(C=C(F)F)c(F)cc3c2)cc1. The molecule has 26 heavy (non-hydrogen) atoms. The van der Waals surface area contributed by atoms with E-state index in [1.54, 1.807) is 0 Å². The Kier molecular flexibility index (Phi) is 5.07. The maximum Gasteiger partial charge on any atom is 0.271 e. The fraction of sp³-hybridized carbons (Fsp3) is 0.143. The first-order valence-corrected chi connectivity index (χ1v) is 8.14. The van der Waals surface area contributed by atoms with E-state index in [0.717, 1.165) is 30.5 Å². The topological polar surface area (TPSA) is 0 Å². The van der Waals surface area contributed by atoms with Crippen molar-refractivity contribution in [3.05, 3.63) is 77.1 Å². The highest BCUT2D eigenvalue weighted by Gasteiger charge is 2.17. The smallest absolute Gasteiger partial charge is 0.206 e. The number of hydrogen-bond donors (Lipinski definition) is 0. The summed E-state index contributed by atoms with van der Waals surface area (Å²) >= 11 is 0. The minimum absolute atomic E-state index is 0.0240. The van der Waals surface area contributed by atoms with Gasteiger partial charge in [-0.15, -0.1) is 0 Å². The van der Waals surface area contributed by atoms with Crippen molar-refractivity contribution in [2.75, 3.05) is 0 Å². The van der Waals surface area contributed by atoms with E-state index in [4.69, 9.17) is 0 Å². The molecular formula is C21H15F5. The summed E-state index contributed by atoms with van der Waals surface area (Å²) in [5, 5.41) is -0.533. The molecule has 0 aliphatic heterocycles. The van der Waals surface area contributed by atoms with Gasteiger partial charge in [0.15, 0.2) is 0 Å². The summed E-state index contributed by atoms with van der Waals surface area (Å²) in [7, 11) is 0. The highest BCUT2D eigenvalue weighted by molar-refractivity contribution is 5.90. The lowest BCUT2D eigenvalue weighted by atomic mass is 9.97. The van der Waals surface area contributed by atoms with E-state index in [-0.39, 0.29) is 11.5 Å². The number of halogens is 5. The fourth-order valence-corrected chi connectivity index (χ4v) is 2.99. The van der Waals surface area contributed by atoms with Crippen LogP contribution in [0.4, 0.5) is 22.0 Å². The lowest BCUT2D eigenvalue weighted by Gasteiger charge is -2.10. The molecule has 3 rings (SSSR count). The van der Waals surface area contributed by atoms with Crippen molar-refractivity contribution in [3.8, 4) is 11.1 Å². The Bertz CT molecular complexity index is 984. The molecule has 0 nitrogen and oxygen atoms in total. The Balaban J connectivity index is 2.15. The summed E-state index contributed by atoms with van der Waals surface area (Å²) in [4.78, 5) is 0. The van der Waals surface area contributed by atoms with Gasteiger partial charge in [0.1, 0.15) is 17.5 Å². The van der Waals surface area contributed by atoms with Crippen LogP contribution in [0.1, 0.15) is 24.5 Å². The van der Waals surface area contributed by atoms with Gasteiger partial charge in [-0.25, -0.2) is 13.2 Å². The summed E-state index contributed by atoms with van der Waals surface area (Å²) < 4.78 is 67.6. The first kappa shape index (κ1) is 18.1.